The number of hydrogen-bond donors (Lipinski definition) is 0. The fraction of sp³-hybridized carbons (Fsp3) is 0.550. The molecule has 134 valence electrons. The Morgan fingerprint density at radius 3 is 2.32 bits per heavy atom. The van der Waals surface area contributed by atoms with Crippen LogP contribution < -0.4 is 4.90 Å². The summed E-state index contributed by atoms with van der Waals surface area (Å²) in [5, 5.41) is 8.76. The molecule has 0 radical (unpaired) electrons. The zero-order chi connectivity index (χ0) is 17.6. The summed E-state index contributed by atoms with van der Waals surface area (Å²) >= 11 is 0. The highest BCUT2D eigenvalue weighted by molar-refractivity contribution is 5.31. The number of piperidine rings is 1. The van der Waals surface area contributed by atoms with E-state index in [2.05, 4.69) is 71.2 Å². The Morgan fingerprint density at radius 1 is 1.00 bits per heavy atom. The molecule has 0 unspecified atom stereocenters. The van der Waals surface area contributed by atoms with Gasteiger partial charge >= 0.3 is 0 Å². The van der Waals surface area contributed by atoms with Gasteiger partial charge in [0.05, 0.1) is 11.4 Å². The lowest BCUT2D eigenvalue weighted by Gasteiger charge is -2.36. The van der Waals surface area contributed by atoms with Gasteiger partial charge in [0.1, 0.15) is 0 Å². The van der Waals surface area contributed by atoms with E-state index >= 15 is 0 Å². The average Bonchev–Trinajstić information content (AvgIpc) is 2.68. The summed E-state index contributed by atoms with van der Waals surface area (Å²) in [4.78, 5) is 9.53. The third-order valence-corrected chi connectivity index (χ3v) is 5.17. The summed E-state index contributed by atoms with van der Waals surface area (Å²) in [5.74, 6) is 0.774. The highest BCUT2D eigenvalue weighted by Crippen LogP contribution is 2.21. The van der Waals surface area contributed by atoms with E-state index in [0.717, 1.165) is 62.7 Å². The summed E-state index contributed by atoms with van der Waals surface area (Å²) in [6.07, 6.45) is 4.09. The van der Waals surface area contributed by atoms with Crippen molar-refractivity contribution in [3.8, 4) is 0 Å². The third-order valence-electron chi connectivity index (χ3n) is 5.17. The molecule has 1 aliphatic heterocycles. The summed E-state index contributed by atoms with van der Waals surface area (Å²) in [6, 6.07) is 11.2. The summed E-state index contributed by atoms with van der Waals surface area (Å²) < 4.78 is 0. The largest absolute Gasteiger partial charge is 0.339 e. The van der Waals surface area contributed by atoms with Gasteiger partial charge in [-0.3, -0.25) is 4.90 Å². The average molecular weight is 339 g/mol. The molecule has 0 atom stereocenters. The van der Waals surface area contributed by atoms with Crippen molar-refractivity contribution in [2.24, 2.45) is 0 Å². The van der Waals surface area contributed by atoms with Crippen molar-refractivity contribution in [1.29, 1.82) is 0 Å². The Morgan fingerprint density at radius 2 is 1.68 bits per heavy atom. The second kappa shape index (κ2) is 8.39. The van der Waals surface area contributed by atoms with Crippen molar-refractivity contribution < 1.29 is 0 Å². The Balaban J connectivity index is 1.59. The van der Waals surface area contributed by atoms with Crippen LogP contribution in [-0.2, 0) is 19.4 Å². The molecule has 1 saturated heterocycles. The monoisotopic (exact) mass is 339 g/mol. The number of aryl methyl sites for hydroxylation is 2. The summed E-state index contributed by atoms with van der Waals surface area (Å²) in [5.41, 5.74) is 3.50. The maximum atomic E-state index is 4.76. The molecular formula is C20H29N5. The van der Waals surface area contributed by atoms with Crippen LogP contribution in [0.4, 0.5) is 5.95 Å². The molecule has 0 spiro atoms. The van der Waals surface area contributed by atoms with E-state index in [1.807, 2.05) is 0 Å². The van der Waals surface area contributed by atoms with E-state index in [0.29, 0.717) is 6.04 Å². The summed E-state index contributed by atoms with van der Waals surface area (Å²) in [6.45, 7) is 7.52. The van der Waals surface area contributed by atoms with E-state index in [4.69, 9.17) is 4.98 Å². The first-order valence-corrected chi connectivity index (χ1v) is 9.42. The zero-order valence-electron chi connectivity index (χ0n) is 15.6. The SMILES string of the molecule is CCc1nnc(N(C)C2CCN(Cc3ccccc3)CC2)nc1CC. The van der Waals surface area contributed by atoms with Crippen molar-refractivity contribution in [3.63, 3.8) is 0 Å². The number of anilines is 1. The Bertz CT molecular complexity index is 665. The number of rotatable bonds is 6. The lowest BCUT2D eigenvalue weighted by Crippen LogP contribution is -2.43. The minimum atomic E-state index is 0.492. The first-order valence-electron chi connectivity index (χ1n) is 9.42. The standard InChI is InChI=1S/C20H29N5/c1-4-18-19(5-2)22-23-20(21-18)24(3)17-11-13-25(14-12-17)15-16-9-7-6-8-10-16/h6-10,17H,4-5,11-15H2,1-3H3. The number of aromatic nitrogens is 3. The predicted octanol–water partition coefficient (Wildman–Crippen LogP) is 3.10. The first kappa shape index (κ1) is 17.8. The van der Waals surface area contributed by atoms with E-state index < -0.39 is 0 Å². The van der Waals surface area contributed by atoms with Gasteiger partial charge in [-0.1, -0.05) is 44.2 Å². The van der Waals surface area contributed by atoms with Gasteiger partial charge in [0.25, 0.3) is 0 Å². The number of likely N-dealkylation sites (tertiary alicyclic amines) is 1. The fourth-order valence-electron chi connectivity index (χ4n) is 3.55. The maximum absolute atomic E-state index is 4.76. The molecule has 5 heteroatoms. The molecule has 0 bridgehead atoms. The molecule has 0 N–H and O–H groups in total. The van der Waals surface area contributed by atoms with Crippen LogP contribution in [0.3, 0.4) is 0 Å². The van der Waals surface area contributed by atoms with Gasteiger partial charge < -0.3 is 4.90 Å². The van der Waals surface area contributed by atoms with Gasteiger partial charge in [0.15, 0.2) is 0 Å². The Labute approximate surface area is 151 Å². The van der Waals surface area contributed by atoms with Crippen LogP contribution in [0.15, 0.2) is 30.3 Å². The van der Waals surface area contributed by atoms with Gasteiger partial charge in [0.2, 0.25) is 5.95 Å². The third kappa shape index (κ3) is 4.34. The van der Waals surface area contributed by atoms with Gasteiger partial charge in [-0.15, -0.1) is 5.10 Å². The lowest BCUT2D eigenvalue weighted by atomic mass is 10.0. The fourth-order valence-corrected chi connectivity index (χ4v) is 3.55. The lowest BCUT2D eigenvalue weighted by molar-refractivity contribution is 0.203. The highest BCUT2D eigenvalue weighted by atomic mass is 15.3. The van der Waals surface area contributed by atoms with Crippen molar-refractivity contribution in [1.82, 2.24) is 20.1 Å². The quantitative estimate of drug-likeness (QED) is 0.809. The van der Waals surface area contributed by atoms with Crippen LogP contribution in [0, 0.1) is 0 Å². The number of nitrogens with zero attached hydrogens (tertiary/aromatic N) is 5. The van der Waals surface area contributed by atoms with E-state index in [1.54, 1.807) is 0 Å². The van der Waals surface area contributed by atoms with E-state index in [1.165, 1.54) is 5.56 Å². The van der Waals surface area contributed by atoms with Crippen LogP contribution in [0.1, 0.15) is 43.6 Å². The molecule has 3 rings (SSSR count). The molecule has 1 aromatic heterocycles. The van der Waals surface area contributed by atoms with E-state index in [-0.39, 0.29) is 0 Å². The predicted molar refractivity (Wildman–Crippen MR) is 102 cm³/mol. The van der Waals surface area contributed by atoms with E-state index in [9.17, 15) is 0 Å². The molecule has 25 heavy (non-hydrogen) atoms. The molecule has 1 fully saturated rings. The molecule has 2 heterocycles. The molecule has 0 amide bonds. The van der Waals surface area contributed by atoms with Crippen LogP contribution in [0.2, 0.25) is 0 Å². The van der Waals surface area contributed by atoms with Gasteiger partial charge in [-0.2, -0.15) is 5.10 Å². The molecule has 0 aliphatic carbocycles. The molecule has 2 aromatic rings. The van der Waals surface area contributed by atoms with Crippen molar-refractivity contribution >= 4 is 5.95 Å². The van der Waals surface area contributed by atoms with Crippen LogP contribution >= 0.6 is 0 Å². The molecular weight excluding hydrogens is 310 g/mol. The number of hydrogen-bond acceptors (Lipinski definition) is 5. The van der Waals surface area contributed by atoms with Crippen LogP contribution in [0.25, 0.3) is 0 Å². The zero-order valence-corrected chi connectivity index (χ0v) is 15.6. The van der Waals surface area contributed by atoms with Crippen LogP contribution in [-0.4, -0.2) is 46.3 Å². The molecule has 1 aliphatic rings. The van der Waals surface area contributed by atoms with Crippen molar-refractivity contribution in [3.05, 3.63) is 47.3 Å². The molecule has 5 nitrogen and oxygen atoms in total. The van der Waals surface area contributed by atoms with Gasteiger partial charge in [-0.25, -0.2) is 4.98 Å². The molecule has 0 saturated carbocycles. The molecule has 1 aromatic carbocycles. The Kier molecular flexibility index (Phi) is 5.97. The number of benzene rings is 1. The van der Waals surface area contributed by atoms with Crippen molar-refractivity contribution in [2.45, 2.75) is 52.1 Å². The first-order chi connectivity index (χ1) is 12.2. The minimum Gasteiger partial charge on any atom is -0.339 e. The Hall–Kier alpha value is -2.01. The maximum Gasteiger partial charge on any atom is 0.245 e. The van der Waals surface area contributed by atoms with Gasteiger partial charge in [0, 0.05) is 32.7 Å². The van der Waals surface area contributed by atoms with Crippen LogP contribution in [0.5, 0.6) is 0 Å². The summed E-state index contributed by atoms with van der Waals surface area (Å²) in [7, 11) is 2.11. The second-order valence-corrected chi connectivity index (χ2v) is 6.82. The smallest absolute Gasteiger partial charge is 0.245 e. The van der Waals surface area contributed by atoms with Gasteiger partial charge in [-0.05, 0) is 31.2 Å². The second-order valence-electron chi connectivity index (χ2n) is 6.82. The highest BCUT2D eigenvalue weighted by Gasteiger charge is 2.24. The van der Waals surface area contributed by atoms with Crippen molar-refractivity contribution in [2.75, 3.05) is 25.0 Å². The topological polar surface area (TPSA) is 45.2 Å². The normalized spacial score (nSPS) is 16.1. The minimum absolute atomic E-state index is 0.492.